The number of thiazole rings is 1. The standard InChI is InChI=1S/C19H16N2OS/c22-18(16-11-15(16)13-7-3-1-4-8-13)21-19-20-17(12-23-19)14-9-5-2-6-10-14/h1-10,12,15-16H,11H2,(H,20,21,22)/t15-,16-/m1/s1. The van der Waals surface area contributed by atoms with Gasteiger partial charge in [0.25, 0.3) is 0 Å². The van der Waals surface area contributed by atoms with Crippen molar-refractivity contribution in [1.29, 1.82) is 0 Å². The van der Waals surface area contributed by atoms with Crippen molar-refractivity contribution in [1.82, 2.24) is 4.98 Å². The minimum atomic E-state index is 0.0708. The quantitative estimate of drug-likeness (QED) is 0.766. The molecule has 0 spiro atoms. The first-order chi connectivity index (χ1) is 11.3. The molecule has 1 amide bonds. The number of nitrogens with zero attached hydrogens (tertiary/aromatic N) is 1. The molecule has 4 rings (SSSR count). The number of carbonyl (C=O) groups excluding carboxylic acids is 1. The first-order valence-corrected chi connectivity index (χ1v) is 8.56. The van der Waals surface area contributed by atoms with Crippen molar-refractivity contribution in [3.8, 4) is 11.3 Å². The van der Waals surface area contributed by atoms with E-state index in [4.69, 9.17) is 0 Å². The van der Waals surface area contributed by atoms with Crippen LogP contribution < -0.4 is 5.32 Å². The number of amides is 1. The number of nitrogens with one attached hydrogen (secondary N) is 1. The predicted octanol–water partition coefficient (Wildman–Crippen LogP) is 4.55. The summed E-state index contributed by atoms with van der Waals surface area (Å²) in [5, 5.41) is 5.61. The van der Waals surface area contributed by atoms with Gasteiger partial charge in [-0.25, -0.2) is 4.98 Å². The van der Waals surface area contributed by atoms with Gasteiger partial charge in [0.2, 0.25) is 5.91 Å². The molecule has 2 atom stereocenters. The molecule has 114 valence electrons. The second-order valence-corrected chi connectivity index (χ2v) is 6.61. The topological polar surface area (TPSA) is 42.0 Å². The highest BCUT2D eigenvalue weighted by atomic mass is 32.1. The van der Waals surface area contributed by atoms with Gasteiger partial charge >= 0.3 is 0 Å². The summed E-state index contributed by atoms with van der Waals surface area (Å²) in [6.07, 6.45) is 0.923. The van der Waals surface area contributed by atoms with Crippen molar-refractivity contribution in [2.75, 3.05) is 5.32 Å². The molecule has 23 heavy (non-hydrogen) atoms. The predicted molar refractivity (Wildman–Crippen MR) is 93.5 cm³/mol. The molecule has 1 aliphatic carbocycles. The molecule has 0 radical (unpaired) electrons. The van der Waals surface area contributed by atoms with Gasteiger partial charge in [-0.2, -0.15) is 0 Å². The molecule has 0 saturated heterocycles. The molecule has 0 unspecified atom stereocenters. The molecule has 1 aliphatic rings. The zero-order valence-corrected chi connectivity index (χ0v) is 13.3. The van der Waals surface area contributed by atoms with Crippen molar-refractivity contribution in [3.63, 3.8) is 0 Å². The zero-order chi connectivity index (χ0) is 15.6. The Hall–Kier alpha value is -2.46. The summed E-state index contributed by atoms with van der Waals surface area (Å²) in [4.78, 5) is 16.9. The van der Waals surface area contributed by atoms with Gasteiger partial charge in [0.05, 0.1) is 5.69 Å². The van der Waals surface area contributed by atoms with Crippen LogP contribution in [0.1, 0.15) is 17.9 Å². The summed E-state index contributed by atoms with van der Waals surface area (Å²) >= 11 is 1.47. The molecule has 1 saturated carbocycles. The number of hydrogen-bond acceptors (Lipinski definition) is 3. The van der Waals surface area contributed by atoms with Crippen LogP contribution in [0, 0.1) is 5.92 Å². The van der Waals surface area contributed by atoms with Crippen LogP contribution in [-0.2, 0) is 4.79 Å². The van der Waals surface area contributed by atoms with E-state index in [1.807, 2.05) is 53.9 Å². The van der Waals surface area contributed by atoms with Crippen molar-refractivity contribution in [3.05, 3.63) is 71.6 Å². The van der Waals surface area contributed by atoms with E-state index in [2.05, 4.69) is 22.4 Å². The third kappa shape index (κ3) is 3.03. The maximum atomic E-state index is 12.4. The molecule has 0 aliphatic heterocycles. The average molecular weight is 320 g/mol. The van der Waals surface area contributed by atoms with E-state index in [9.17, 15) is 4.79 Å². The van der Waals surface area contributed by atoms with Gasteiger partial charge in [-0.05, 0) is 17.9 Å². The van der Waals surface area contributed by atoms with Gasteiger partial charge in [-0.15, -0.1) is 11.3 Å². The SMILES string of the molecule is O=C(Nc1nc(-c2ccccc2)cs1)[C@@H]1C[C@@H]1c1ccccc1. The van der Waals surface area contributed by atoms with Crippen LogP contribution in [0.3, 0.4) is 0 Å². The molecule has 4 heteroatoms. The molecule has 1 fully saturated rings. The Labute approximate surface area is 139 Å². The third-order valence-corrected chi connectivity index (χ3v) is 4.92. The average Bonchev–Trinajstić information content (AvgIpc) is 3.29. The number of carbonyl (C=O) groups is 1. The van der Waals surface area contributed by atoms with Crippen LogP contribution in [0.5, 0.6) is 0 Å². The third-order valence-electron chi connectivity index (χ3n) is 4.16. The first kappa shape index (κ1) is 14.2. The van der Waals surface area contributed by atoms with Gasteiger partial charge in [0.1, 0.15) is 0 Å². The van der Waals surface area contributed by atoms with Gasteiger partial charge in [0, 0.05) is 16.9 Å². The molecule has 3 aromatic rings. The summed E-state index contributed by atoms with van der Waals surface area (Å²) < 4.78 is 0. The molecule has 1 aromatic heterocycles. The van der Waals surface area contributed by atoms with E-state index in [1.165, 1.54) is 16.9 Å². The van der Waals surface area contributed by atoms with Crippen molar-refractivity contribution >= 4 is 22.4 Å². The van der Waals surface area contributed by atoms with E-state index < -0.39 is 0 Å². The lowest BCUT2D eigenvalue weighted by molar-refractivity contribution is -0.117. The summed E-state index contributed by atoms with van der Waals surface area (Å²) in [5.41, 5.74) is 3.22. The summed E-state index contributed by atoms with van der Waals surface area (Å²) in [7, 11) is 0. The van der Waals surface area contributed by atoms with E-state index in [-0.39, 0.29) is 11.8 Å². The minimum Gasteiger partial charge on any atom is -0.302 e. The van der Waals surface area contributed by atoms with E-state index >= 15 is 0 Å². The van der Waals surface area contributed by atoms with Gasteiger partial charge in [-0.3, -0.25) is 4.79 Å². The lowest BCUT2D eigenvalue weighted by atomic mass is 10.1. The van der Waals surface area contributed by atoms with Crippen LogP contribution in [0.25, 0.3) is 11.3 Å². The van der Waals surface area contributed by atoms with Crippen LogP contribution in [0.4, 0.5) is 5.13 Å². The Morgan fingerprint density at radius 2 is 1.74 bits per heavy atom. The highest BCUT2D eigenvalue weighted by Gasteiger charge is 2.44. The lowest BCUT2D eigenvalue weighted by Gasteiger charge is -2.01. The summed E-state index contributed by atoms with van der Waals surface area (Å²) in [5.74, 6) is 0.499. The van der Waals surface area contributed by atoms with E-state index in [1.54, 1.807) is 0 Å². The Morgan fingerprint density at radius 3 is 2.48 bits per heavy atom. The van der Waals surface area contributed by atoms with Crippen molar-refractivity contribution < 1.29 is 4.79 Å². The van der Waals surface area contributed by atoms with Gasteiger partial charge in [0.15, 0.2) is 5.13 Å². The number of benzene rings is 2. The molecule has 0 bridgehead atoms. The fourth-order valence-corrected chi connectivity index (χ4v) is 3.55. The molecule has 1 heterocycles. The molecule has 3 nitrogen and oxygen atoms in total. The van der Waals surface area contributed by atoms with Crippen LogP contribution >= 0.6 is 11.3 Å². The zero-order valence-electron chi connectivity index (χ0n) is 12.5. The summed E-state index contributed by atoms with van der Waals surface area (Å²) in [6.45, 7) is 0. The highest BCUT2D eigenvalue weighted by molar-refractivity contribution is 7.14. The molecular formula is C19H16N2OS. The second kappa shape index (κ2) is 5.97. The highest BCUT2D eigenvalue weighted by Crippen LogP contribution is 2.48. The Kier molecular flexibility index (Phi) is 3.67. The fourth-order valence-electron chi connectivity index (χ4n) is 2.82. The number of rotatable bonds is 4. The maximum absolute atomic E-state index is 12.4. The number of anilines is 1. The largest absolute Gasteiger partial charge is 0.302 e. The van der Waals surface area contributed by atoms with Gasteiger partial charge < -0.3 is 5.32 Å². The van der Waals surface area contributed by atoms with E-state index in [0.29, 0.717) is 11.0 Å². The molecule has 1 N–H and O–H groups in total. The summed E-state index contributed by atoms with van der Waals surface area (Å²) in [6, 6.07) is 20.2. The van der Waals surface area contributed by atoms with Crippen LogP contribution in [0.15, 0.2) is 66.0 Å². The maximum Gasteiger partial charge on any atom is 0.229 e. The van der Waals surface area contributed by atoms with Gasteiger partial charge in [-0.1, -0.05) is 60.7 Å². The smallest absolute Gasteiger partial charge is 0.229 e. The Balaban J connectivity index is 1.42. The second-order valence-electron chi connectivity index (χ2n) is 5.75. The van der Waals surface area contributed by atoms with E-state index in [0.717, 1.165) is 17.7 Å². The van der Waals surface area contributed by atoms with Crippen LogP contribution in [0.2, 0.25) is 0 Å². The molecule has 2 aromatic carbocycles. The first-order valence-electron chi connectivity index (χ1n) is 7.68. The Morgan fingerprint density at radius 1 is 1.04 bits per heavy atom. The lowest BCUT2D eigenvalue weighted by Crippen LogP contribution is -2.14. The van der Waals surface area contributed by atoms with Crippen molar-refractivity contribution in [2.45, 2.75) is 12.3 Å². The van der Waals surface area contributed by atoms with Crippen LogP contribution in [-0.4, -0.2) is 10.9 Å². The normalized spacial score (nSPS) is 19.3. The minimum absolute atomic E-state index is 0.0708. The monoisotopic (exact) mass is 320 g/mol. The van der Waals surface area contributed by atoms with Crippen molar-refractivity contribution in [2.24, 2.45) is 5.92 Å². The molecular weight excluding hydrogens is 304 g/mol. The number of aromatic nitrogens is 1. The number of hydrogen-bond donors (Lipinski definition) is 1. The Bertz CT molecular complexity index is 814. The fraction of sp³-hybridized carbons (Fsp3) is 0.158.